The lowest BCUT2D eigenvalue weighted by Crippen LogP contribution is -2.49. The van der Waals surface area contributed by atoms with Crippen LogP contribution < -0.4 is 5.73 Å². The Kier molecular flexibility index (Phi) is 5.30. The van der Waals surface area contributed by atoms with Crippen molar-refractivity contribution in [3.8, 4) is 0 Å². The lowest BCUT2D eigenvalue weighted by atomic mass is 10.1. The smallest absolute Gasteiger partial charge is 0.240 e. The molecule has 2 rings (SSSR count). The molecule has 0 amide bonds. The van der Waals surface area contributed by atoms with Gasteiger partial charge < -0.3 is 15.0 Å². The minimum atomic E-state index is 0.0469. The monoisotopic (exact) mass is 268 g/mol. The van der Waals surface area contributed by atoms with Gasteiger partial charge in [-0.1, -0.05) is 18.5 Å². The Bertz CT molecular complexity index is 380. The summed E-state index contributed by atoms with van der Waals surface area (Å²) in [6, 6.07) is 0.0469. The highest BCUT2D eigenvalue weighted by molar-refractivity contribution is 4.88. The number of morpholine rings is 1. The fourth-order valence-electron chi connectivity index (χ4n) is 2.18. The second-order valence-corrected chi connectivity index (χ2v) is 5.21. The van der Waals surface area contributed by atoms with E-state index in [1.807, 2.05) is 6.92 Å². The largest absolute Gasteiger partial charge is 0.374 e. The molecular formula is C13H24N4O2. The molecule has 0 saturated carbocycles. The quantitative estimate of drug-likeness (QED) is 0.828. The fraction of sp³-hybridized carbons (Fsp3) is 0.846. The molecule has 108 valence electrons. The zero-order valence-electron chi connectivity index (χ0n) is 11.8. The van der Waals surface area contributed by atoms with Crippen molar-refractivity contribution in [1.82, 2.24) is 15.0 Å². The zero-order chi connectivity index (χ0) is 13.7. The van der Waals surface area contributed by atoms with E-state index in [2.05, 4.69) is 22.0 Å². The molecular weight excluding hydrogens is 244 g/mol. The van der Waals surface area contributed by atoms with Gasteiger partial charge in [-0.05, 0) is 13.3 Å². The van der Waals surface area contributed by atoms with Crippen LogP contribution in [0.4, 0.5) is 0 Å². The first-order valence-corrected chi connectivity index (χ1v) is 7.10. The van der Waals surface area contributed by atoms with Crippen LogP contribution >= 0.6 is 0 Å². The van der Waals surface area contributed by atoms with E-state index >= 15 is 0 Å². The lowest BCUT2D eigenvalue weighted by molar-refractivity contribution is -0.0427. The van der Waals surface area contributed by atoms with Gasteiger partial charge in [0.15, 0.2) is 5.82 Å². The predicted molar refractivity (Wildman–Crippen MR) is 71.6 cm³/mol. The predicted octanol–water partition coefficient (Wildman–Crippen LogP) is 0.960. The Morgan fingerprint density at radius 3 is 3.11 bits per heavy atom. The molecule has 0 aliphatic carbocycles. The summed E-state index contributed by atoms with van der Waals surface area (Å²) in [5.41, 5.74) is 5.88. The van der Waals surface area contributed by atoms with Gasteiger partial charge in [0, 0.05) is 25.6 Å². The average Bonchev–Trinajstić information content (AvgIpc) is 2.84. The SMILES string of the molecule is CCCCc1noc(CN2CCOC(C(C)N)C2)n1. The van der Waals surface area contributed by atoms with E-state index in [1.54, 1.807) is 0 Å². The van der Waals surface area contributed by atoms with E-state index in [9.17, 15) is 0 Å². The molecule has 1 aliphatic rings. The Morgan fingerprint density at radius 2 is 2.37 bits per heavy atom. The molecule has 1 aliphatic heterocycles. The highest BCUT2D eigenvalue weighted by Gasteiger charge is 2.24. The van der Waals surface area contributed by atoms with Crippen LogP contribution in [0.25, 0.3) is 0 Å². The second-order valence-electron chi connectivity index (χ2n) is 5.21. The molecule has 2 unspecified atom stereocenters. The van der Waals surface area contributed by atoms with Crippen molar-refractivity contribution in [1.29, 1.82) is 0 Å². The van der Waals surface area contributed by atoms with Crippen LogP contribution in [0.5, 0.6) is 0 Å². The van der Waals surface area contributed by atoms with E-state index in [-0.39, 0.29) is 12.1 Å². The normalized spacial score (nSPS) is 22.6. The van der Waals surface area contributed by atoms with Crippen molar-refractivity contribution in [2.45, 2.75) is 51.8 Å². The first-order valence-electron chi connectivity index (χ1n) is 7.10. The molecule has 1 saturated heterocycles. The van der Waals surface area contributed by atoms with Crippen LogP contribution in [0, 0.1) is 0 Å². The third kappa shape index (κ3) is 4.26. The summed E-state index contributed by atoms with van der Waals surface area (Å²) < 4.78 is 10.9. The van der Waals surface area contributed by atoms with E-state index in [0.29, 0.717) is 19.0 Å². The summed E-state index contributed by atoms with van der Waals surface area (Å²) in [5, 5.41) is 4.00. The van der Waals surface area contributed by atoms with Gasteiger partial charge in [0.1, 0.15) is 0 Å². The van der Waals surface area contributed by atoms with Gasteiger partial charge in [-0.3, -0.25) is 4.90 Å². The molecule has 0 bridgehead atoms. The van der Waals surface area contributed by atoms with Crippen LogP contribution in [0.2, 0.25) is 0 Å². The summed E-state index contributed by atoms with van der Waals surface area (Å²) in [6.45, 7) is 7.24. The molecule has 2 heterocycles. The molecule has 2 N–H and O–H groups in total. The molecule has 0 radical (unpaired) electrons. The Morgan fingerprint density at radius 1 is 1.53 bits per heavy atom. The Balaban J connectivity index is 1.84. The molecule has 1 aromatic rings. The van der Waals surface area contributed by atoms with Crippen LogP contribution in [0.3, 0.4) is 0 Å². The number of hydrogen-bond acceptors (Lipinski definition) is 6. The summed E-state index contributed by atoms with van der Waals surface area (Å²) >= 11 is 0. The van der Waals surface area contributed by atoms with Crippen molar-refractivity contribution >= 4 is 0 Å². The van der Waals surface area contributed by atoms with Crippen molar-refractivity contribution in [3.05, 3.63) is 11.7 Å². The van der Waals surface area contributed by atoms with Crippen molar-refractivity contribution < 1.29 is 9.26 Å². The van der Waals surface area contributed by atoms with Gasteiger partial charge in [0.25, 0.3) is 0 Å². The summed E-state index contributed by atoms with van der Waals surface area (Å²) in [5.74, 6) is 1.50. The summed E-state index contributed by atoms with van der Waals surface area (Å²) in [6.07, 6.45) is 3.23. The first kappa shape index (κ1) is 14.4. The number of nitrogens with two attached hydrogens (primary N) is 1. The van der Waals surface area contributed by atoms with Crippen molar-refractivity contribution in [2.24, 2.45) is 5.73 Å². The molecule has 1 fully saturated rings. The minimum absolute atomic E-state index is 0.0469. The topological polar surface area (TPSA) is 77.4 Å². The summed E-state index contributed by atoms with van der Waals surface area (Å²) in [7, 11) is 0. The maximum absolute atomic E-state index is 5.88. The number of nitrogens with zero attached hydrogens (tertiary/aromatic N) is 3. The van der Waals surface area contributed by atoms with Gasteiger partial charge in [0.05, 0.1) is 19.3 Å². The number of rotatable bonds is 6. The van der Waals surface area contributed by atoms with Gasteiger partial charge >= 0.3 is 0 Å². The van der Waals surface area contributed by atoms with Crippen molar-refractivity contribution in [2.75, 3.05) is 19.7 Å². The van der Waals surface area contributed by atoms with Gasteiger partial charge in [-0.2, -0.15) is 4.98 Å². The molecule has 0 spiro atoms. The van der Waals surface area contributed by atoms with E-state index in [0.717, 1.165) is 38.2 Å². The third-order valence-electron chi connectivity index (χ3n) is 3.39. The van der Waals surface area contributed by atoms with Crippen LogP contribution in [-0.4, -0.2) is 46.9 Å². The lowest BCUT2D eigenvalue weighted by Gasteiger charge is -2.33. The number of aromatic nitrogens is 2. The first-order chi connectivity index (χ1) is 9.19. The fourth-order valence-corrected chi connectivity index (χ4v) is 2.18. The molecule has 19 heavy (non-hydrogen) atoms. The second kappa shape index (κ2) is 6.98. The van der Waals surface area contributed by atoms with Crippen molar-refractivity contribution in [3.63, 3.8) is 0 Å². The Hall–Kier alpha value is -0.980. The van der Waals surface area contributed by atoms with E-state index in [1.165, 1.54) is 0 Å². The molecule has 6 heteroatoms. The Labute approximate surface area is 114 Å². The van der Waals surface area contributed by atoms with Gasteiger partial charge in [-0.25, -0.2) is 0 Å². The zero-order valence-corrected chi connectivity index (χ0v) is 11.8. The molecule has 1 aromatic heterocycles. The molecule has 6 nitrogen and oxygen atoms in total. The number of unbranched alkanes of at least 4 members (excludes halogenated alkanes) is 1. The number of hydrogen-bond donors (Lipinski definition) is 1. The molecule has 2 atom stereocenters. The van der Waals surface area contributed by atoms with E-state index < -0.39 is 0 Å². The number of ether oxygens (including phenoxy) is 1. The van der Waals surface area contributed by atoms with Crippen LogP contribution in [0.15, 0.2) is 4.52 Å². The standard InChI is InChI=1S/C13H24N4O2/c1-3-4-5-12-15-13(19-16-12)9-17-6-7-18-11(8-17)10(2)14/h10-11H,3-9,14H2,1-2H3. The highest BCUT2D eigenvalue weighted by atomic mass is 16.5. The number of aryl methyl sites for hydroxylation is 1. The maximum atomic E-state index is 5.88. The average molecular weight is 268 g/mol. The molecule has 0 aromatic carbocycles. The minimum Gasteiger partial charge on any atom is -0.374 e. The van der Waals surface area contributed by atoms with Crippen LogP contribution in [0.1, 0.15) is 38.4 Å². The van der Waals surface area contributed by atoms with Gasteiger partial charge in [0.2, 0.25) is 5.89 Å². The highest BCUT2D eigenvalue weighted by Crippen LogP contribution is 2.11. The maximum Gasteiger partial charge on any atom is 0.240 e. The van der Waals surface area contributed by atoms with E-state index in [4.69, 9.17) is 15.0 Å². The van der Waals surface area contributed by atoms with Crippen LogP contribution in [-0.2, 0) is 17.7 Å². The summed E-state index contributed by atoms with van der Waals surface area (Å²) in [4.78, 5) is 6.68. The van der Waals surface area contributed by atoms with Gasteiger partial charge in [-0.15, -0.1) is 0 Å². The third-order valence-corrected chi connectivity index (χ3v) is 3.39.